The van der Waals surface area contributed by atoms with Crippen LogP contribution in [-0.4, -0.2) is 48.0 Å². The lowest BCUT2D eigenvalue weighted by Crippen LogP contribution is -2.46. The summed E-state index contributed by atoms with van der Waals surface area (Å²) in [6.45, 7) is 2.17. The van der Waals surface area contributed by atoms with Gasteiger partial charge in [0, 0.05) is 6.04 Å². The van der Waals surface area contributed by atoms with Crippen LogP contribution in [0.4, 0.5) is 4.39 Å². The fourth-order valence-electron chi connectivity index (χ4n) is 2.86. The number of hydrogen-bond acceptors (Lipinski definition) is 3. The number of nitrogens with zero attached hydrogens (tertiary/aromatic N) is 2. The lowest BCUT2D eigenvalue weighted by atomic mass is 9.98. The number of nitrogens with two attached hydrogens (primary N) is 1. The molecule has 0 aliphatic carbocycles. The second-order valence-electron chi connectivity index (χ2n) is 5.56. The molecule has 2 N–H and O–H groups in total. The van der Waals surface area contributed by atoms with E-state index in [1.54, 1.807) is 12.1 Å². The van der Waals surface area contributed by atoms with Crippen LogP contribution in [0.3, 0.4) is 0 Å². The number of thiocarbonyl (C=S) groups is 1. The van der Waals surface area contributed by atoms with Crippen LogP contribution in [-0.2, 0) is 0 Å². The average Bonchev–Trinajstić information content (AvgIpc) is 2.41. The maximum Gasteiger partial charge on any atom is 0.123 e. The number of benzene rings is 1. The Morgan fingerprint density at radius 3 is 2.40 bits per heavy atom. The number of piperidine rings is 1. The Bertz CT molecular complexity index is 455. The van der Waals surface area contributed by atoms with E-state index in [1.165, 1.54) is 12.1 Å². The third kappa shape index (κ3) is 3.53. The molecule has 1 aromatic carbocycles. The zero-order chi connectivity index (χ0) is 14.7. The van der Waals surface area contributed by atoms with Crippen LogP contribution in [0.1, 0.15) is 24.4 Å². The fourth-order valence-corrected chi connectivity index (χ4v) is 3.16. The van der Waals surface area contributed by atoms with Crippen LogP contribution in [0.25, 0.3) is 0 Å². The molecule has 20 heavy (non-hydrogen) atoms. The first kappa shape index (κ1) is 15.4. The predicted molar refractivity (Wildman–Crippen MR) is 84.2 cm³/mol. The summed E-state index contributed by atoms with van der Waals surface area (Å²) in [5, 5.41) is 0. The van der Waals surface area contributed by atoms with Crippen LogP contribution >= 0.6 is 12.2 Å². The topological polar surface area (TPSA) is 32.5 Å². The Labute approximate surface area is 125 Å². The van der Waals surface area contributed by atoms with Gasteiger partial charge in [-0.15, -0.1) is 0 Å². The molecule has 1 unspecified atom stereocenters. The summed E-state index contributed by atoms with van der Waals surface area (Å²) in [4.78, 5) is 5.01. The van der Waals surface area contributed by atoms with Gasteiger partial charge in [-0.2, -0.15) is 0 Å². The Morgan fingerprint density at radius 1 is 1.35 bits per heavy atom. The Balaban J connectivity index is 2.16. The first-order chi connectivity index (χ1) is 9.49. The van der Waals surface area contributed by atoms with Crippen molar-refractivity contribution in [1.82, 2.24) is 9.80 Å². The molecule has 0 saturated carbocycles. The van der Waals surface area contributed by atoms with E-state index in [2.05, 4.69) is 23.9 Å². The lowest BCUT2D eigenvalue weighted by molar-refractivity contribution is 0.130. The van der Waals surface area contributed by atoms with Crippen LogP contribution in [0.5, 0.6) is 0 Å². The summed E-state index contributed by atoms with van der Waals surface area (Å²) in [5.41, 5.74) is 6.89. The van der Waals surface area contributed by atoms with E-state index in [0.29, 0.717) is 11.0 Å². The van der Waals surface area contributed by atoms with Gasteiger partial charge in [0.1, 0.15) is 5.82 Å². The van der Waals surface area contributed by atoms with E-state index in [9.17, 15) is 4.39 Å². The van der Waals surface area contributed by atoms with E-state index in [-0.39, 0.29) is 11.9 Å². The summed E-state index contributed by atoms with van der Waals surface area (Å²) < 4.78 is 13.1. The number of halogens is 1. The molecule has 3 nitrogen and oxygen atoms in total. The molecule has 1 aliphatic heterocycles. The molecule has 0 amide bonds. The van der Waals surface area contributed by atoms with E-state index in [4.69, 9.17) is 18.0 Å². The molecular weight excluding hydrogens is 273 g/mol. The standard InChI is InChI=1S/C15H22FN3S/c1-18-9-7-13(8-10-18)19(2)14(15(17)20)11-3-5-12(16)6-4-11/h3-6,13-14H,7-10H2,1-2H3,(H2,17,20). The molecule has 0 bridgehead atoms. The van der Waals surface area contributed by atoms with Gasteiger partial charge in [-0.3, -0.25) is 4.90 Å². The van der Waals surface area contributed by atoms with Crippen molar-refractivity contribution in [2.45, 2.75) is 24.9 Å². The molecule has 110 valence electrons. The number of likely N-dealkylation sites (tertiary alicyclic amines) is 1. The van der Waals surface area contributed by atoms with Gasteiger partial charge in [0.15, 0.2) is 0 Å². The molecule has 0 spiro atoms. The van der Waals surface area contributed by atoms with Crippen LogP contribution in [0.2, 0.25) is 0 Å². The number of rotatable bonds is 4. The van der Waals surface area contributed by atoms with Gasteiger partial charge in [-0.05, 0) is 57.7 Å². The predicted octanol–water partition coefficient (Wildman–Crippen LogP) is 2.18. The van der Waals surface area contributed by atoms with E-state index < -0.39 is 0 Å². The molecule has 1 aliphatic rings. The SMILES string of the molecule is CN1CCC(N(C)C(C(N)=S)c2ccc(F)cc2)CC1. The molecule has 1 saturated heterocycles. The van der Waals surface area contributed by atoms with Crippen molar-refractivity contribution in [3.8, 4) is 0 Å². The van der Waals surface area contributed by atoms with Gasteiger partial charge in [0.05, 0.1) is 11.0 Å². The summed E-state index contributed by atoms with van der Waals surface area (Å²) in [7, 11) is 4.20. The maximum atomic E-state index is 13.1. The molecule has 1 fully saturated rings. The van der Waals surface area contributed by atoms with Gasteiger partial charge < -0.3 is 10.6 Å². The molecule has 1 heterocycles. The molecule has 0 aromatic heterocycles. The van der Waals surface area contributed by atoms with Crippen molar-refractivity contribution in [3.05, 3.63) is 35.6 Å². The quantitative estimate of drug-likeness (QED) is 0.863. The van der Waals surface area contributed by atoms with Gasteiger partial charge in [-0.1, -0.05) is 24.4 Å². The first-order valence-electron chi connectivity index (χ1n) is 6.94. The Kier molecular flexibility index (Phi) is 5.07. The van der Waals surface area contributed by atoms with Crippen LogP contribution in [0, 0.1) is 5.82 Å². The minimum absolute atomic E-state index is 0.126. The summed E-state index contributed by atoms with van der Waals surface area (Å²) in [5.74, 6) is -0.239. The smallest absolute Gasteiger partial charge is 0.123 e. The van der Waals surface area contributed by atoms with Crippen molar-refractivity contribution in [2.75, 3.05) is 27.2 Å². The van der Waals surface area contributed by atoms with E-state index in [0.717, 1.165) is 31.5 Å². The van der Waals surface area contributed by atoms with Crippen LogP contribution < -0.4 is 5.73 Å². The van der Waals surface area contributed by atoms with E-state index >= 15 is 0 Å². The second kappa shape index (κ2) is 6.61. The molecule has 2 rings (SSSR count). The van der Waals surface area contributed by atoms with Crippen molar-refractivity contribution >= 4 is 17.2 Å². The minimum Gasteiger partial charge on any atom is -0.392 e. The maximum absolute atomic E-state index is 13.1. The Morgan fingerprint density at radius 2 is 1.90 bits per heavy atom. The lowest BCUT2D eigenvalue weighted by Gasteiger charge is -2.39. The zero-order valence-electron chi connectivity index (χ0n) is 12.1. The van der Waals surface area contributed by atoms with Crippen LogP contribution in [0.15, 0.2) is 24.3 Å². The Hall–Kier alpha value is -1.04. The highest BCUT2D eigenvalue weighted by molar-refractivity contribution is 7.80. The monoisotopic (exact) mass is 295 g/mol. The first-order valence-corrected chi connectivity index (χ1v) is 7.35. The van der Waals surface area contributed by atoms with E-state index in [1.807, 2.05) is 0 Å². The summed E-state index contributed by atoms with van der Waals surface area (Å²) >= 11 is 5.23. The number of hydrogen-bond donors (Lipinski definition) is 1. The van der Waals surface area contributed by atoms with Crippen molar-refractivity contribution in [2.24, 2.45) is 5.73 Å². The minimum atomic E-state index is -0.239. The largest absolute Gasteiger partial charge is 0.392 e. The summed E-state index contributed by atoms with van der Waals surface area (Å²) in [6, 6.07) is 6.79. The zero-order valence-corrected chi connectivity index (χ0v) is 12.9. The average molecular weight is 295 g/mol. The second-order valence-corrected chi connectivity index (χ2v) is 6.03. The normalized spacial score (nSPS) is 19.2. The van der Waals surface area contributed by atoms with Gasteiger partial charge >= 0.3 is 0 Å². The molecule has 5 heteroatoms. The van der Waals surface area contributed by atoms with Gasteiger partial charge in [0.25, 0.3) is 0 Å². The molecular formula is C15H22FN3S. The third-order valence-corrected chi connectivity index (χ3v) is 4.35. The highest BCUT2D eigenvalue weighted by atomic mass is 32.1. The number of likely N-dealkylation sites (N-methyl/N-ethyl adjacent to an activating group) is 1. The molecule has 1 atom stereocenters. The highest BCUT2D eigenvalue weighted by Crippen LogP contribution is 2.26. The third-order valence-electron chi connectivity index (χ3n) is 4.13. The highest BCUT2D eigenvalue weighted by Gasteiger charge is 2.28. The van der Waals surface area contributed by atoms with Gasteiger partial charge in [-0.25, -0.2) is 4.39 Å². The van der Waals surface area contributed by atoms with Crippen molar-refractivity contribution in [1.29, 1.82) is 0 Å². The van der Waals surface area contributed by atoms with Crippen molar-refractivity contribution in [3.63, 3.8) is 0 Å². The fraction of sp³-hybridized carbons (Fsp3) is 0.533. The van der Waals surface area contributed by atoms with Gasteiger partial charge in [0.2, 0.25) is 0 Å². The molecule has 0 radical (unpaired) electrons. The summed E-state index contributed by atoms with van der Waals surface area (Å²) in [6.07, 6.45) is 2.21. The molecule has 1 aromatic rings. The van der Waals surface area contributed by atoms with Crippen molar-refractivity contribution < 1.29 is 4.39 Å².